The highest BCUT2D eigenvalue weighted by Crippen LogP contribution is 2.18. The average Bonchev–Trinajstić information content (AvgIpc) is 2.11. The van der Waals surface area contributed by atoms with E-state index < -0.39 is 0 Å². The summed E-state index contributed by atoms with van der Waals surface area (Å²) >= 11 is 0. The molecule has 0 aromatic rings. The number of carbonyl (C=O) groups excluding carboxylic acids is 1. The highest BCUT2D eigenvalue weighted by molar-refractivity contribution is 5.73. The summed E-state index contributed by atoms with van der Waals surface area (Å²) in [7, 11) is 3.29. The van der Waals surface area contributed by atoms with Crippen LogP contribution in [0, 0.1) is 5.41 Å². The maximum absolute atomic E-state index is 10.9. The van der Waals surface area contributed by atoms with Gasteiger partial charge in [0.15, 0.2) is 0 Å². The number of carbonyl (C=O) groups is 1. The number of nitrogens with one attached hydrogen (secondary N) is 2. The Hall–Kier alpha value is -0.770. The molecule has 0 aliphatic carbocycles. The molecule has 0 saturated carbocycles. The van der Waals surface area contributed by atoms with Crippen LogP contribution in [0.2, 0.25) is 0 Å². The van der Waals surface area contributed by atoms with Gasteiger partial charge in [-0.25, -0.2) is 4.79 Å². The number of rotatable bonds is 5. The fourth-order valence-electron chi connectivity index (χ4n) is 0.875. The maximum atomic E-state index is 10.9. The molecule has 0 fully saturated rings. The zero-order valence-corrected chi connectivity index (χ0v) is 8.94. The first-order valence-corrected chi connectivity index (χ1v) is 4.46. The second-order valence-corrected chi connectivity index (χ2v) is 3.84. The number of amides is 2. The fraction of sp³-hybridized carbons (Fsp3) is 0.889. The molecule has 0 aliphatic rings. The van der Waals surface area contributed by atoms with E-state index in [0.29, 0.717) is 6.54 Å². The van der Waals surface area contributed by atoms with Crippen LogP contribution in [-0.4, -0.2) is 33.3 Å². The smallest absolute Gasteiger partial charge is 0.314 e. The Morgan fingerprint density at radius 2 is 2.08 bits per heavy atom. The van der Waals surface area contributed by atoms with Gasteiger partial charge in [0.2, 0.25) is 0 Å². The standard InChI is InChI=1S/C9H20N2O2/c1-9(2,5-6-13-4)7-11-8(12)10-3/h5-7H2,1-4H3,(H2,10,11,12). The molecular formula is C9H20N2O2. The van der Waals surface area contributed by atoms with E-state index in [2.05, 4.69) is 24.5 Å². The Bertz CT molecular complexity index is 158. The summed E-state index contributed by atoms with van der Waals surface area (Å²) in [6.07, 6.45) is 0.938. The molecule has 0 aromatic heterocycles. The molecule has 0 radical (unpaired) electrons. The topological polar surface area (TPSA) is 50.4 Å². The Balaban J connectivity index is 3.67. The lowest BCUT2D eigenvalue weighted by Gasteiger charge is -2.24. The number of ether oxygens (including phenoxy) is 1. The van der Waals surface area contributed by atoms with E-state index in [-0.39, 0.29) is 11.4 Å². The summed E-state index contributed by atoms with van der Waals surface area (Å²) in [5, 5.41) is 5.29. The molecule has 0 rings (SSSR count). The second kappa shape index (κ2) is 5.80. The summed E-state index contributed by atoms with van der Waals surface area (Å²) in [6, 6.07) is -0.134. The molecule has 2 N–H and O–H groups in total. The van der Waals surface area contributed by atoms with Gasteiger partial charge in [-0.1, -0.05) is 13.8 Å². The third kappa shape index (κ3) is 6.40. The van der Waals surface area contributed by atoms with Gasteiger partial charge >= 0.3 is 6.03 Å². The minimum absolute atomic E-state index is 0.0858. The Morgan fingerprint density at radius 3 is 2.54 bits per heavy atom. The molecule has 0 heterocycles. The van der Waals surface area contributed by atoms with Gasteiger partial charge < -0.3 is 15.4 Å². The molecule has 2 amide bonds. The van der Waals surface area contributed by atoms with Crippen LogP contribution in [0.3, 0.4) is 0 Å². The van der Waals surface area contributed by atoms with E-state index in [1.807, 2.05) is 0 Å². The zero-order valence-electron chi connectivity index (χ0n) is 8.94. The third-order valence-corrected chi connectivity index (χ3v) is 1.94. The predicted molar refractivity (Wildman–Crippen MR) is 52.7 cm³/mol. The monoisotopic (exact) mass is 188 g/mol. The second-order valence-electron chi connectivity index (χ2n) is 3.84. The van der Waals surface area contributed by atoms with Gasteiger partial charge in [-0.15, -0.1) is 0 Å². The molecule has 78 valence electrons. The quantitative estimate of drug-likeness (QED) is 0.675. The number of hydrogen-bond donors (Lipinski definition) is 2. The number of urea groups is 1. The molecule has 4 heteroatoms. The van der Waals surface area contributed by atoms with Crippen LogP contribution in [-0.2, 0) is 4.74 Å². The van der Waals surface area contributed by atoms with Crippen LogP contribution >= 0.6 is 0 Å². The van der Waals surface area contributed by atoms with Crippen molar-refractivity contribution < 1.29 is 9.53 Å². The lowest BCUT2D eigenvalue weighted by atomic mass is 9.90. The van der Waals surface area contributed by atoms with E-state index in [9.17, 15) is 4.79 Å². The average molecular weight is 188 g/mol. The van der Waals surface area contributed by atoms with Gasteiger partial charge in [0, 0.05) is 27.3 Å². The molecule has 0 unspecified atom stereocenters. The van der Waals surface area contributed by atoms with Crippen LogP contribution in [0.1, 0.15) is 20.3 Å². The van der Waals surface area contributed by atoms with Crippen molar-refractivity contribution in [2.24, 2.45) is 5.41 Å². The third-order valence-electron chi connectivity index (χ3n) is 1.94. The van der Waals surface area contributed by atoms with Crippen LogP contribution < -0.4 is 10.6 Å². The first-order valence-electron chi connectivity index (χ1n) is 4.46. The van der Waals surface area contributed by atoms with Crippen LogP contribution in [0.4, 0.5) is 4.79 Å². The lowest BCUT2D eigenvalue weighted by Crippen LogP contribution is -2.39. The Labute approximate surface area is 80.0 Å². The molecular weight excluding hydrogens is 168 g/mol. The van der Waals surface area contributed by atoms with Gasteiger partial charge in [-0.05, 0) is 11.8 Å². The van der Waals surface area contributed by atoms with Crippen molar-refractivity contribution in [1.29, 1.82) is 0 Å². The van der Waals surface area contributed by atoms with Crippen molar-refractivity contribution in [1.82, 2.24) is 10.6 Å². The zero-order chi connectivity index (χ0) is 10.3. The predicted octanol–water partition coefficient (Wildman–Crippen LogP) is 0.978. The highest BCUT2D eigenvalue weighted by atomic mass is 16.5. The first kappa shape index (κ1) is 12.2. The van der Waals surface area contributed by atoms with E-state index >= 15 is 0 Å². The van der Waals surface area contributed by atoms with Gasteiger partial charge in [0.25, 0.3) is 0 Å². The number of methoxy groups -OCH3 is 1. The molecule has 13 heavy (non-hydrogen) atoms. The Morgan fingerprint density at radius 1 is 1.46 bits per heavy atom. The summed E-state index contributed by atoms with van der Waals surface area (Å²) in [4.78, 5) is 10.9. The summed E-state index contributed by atoms with van der Waals surface area (Å²) in [5.41, 5.74) is 0.0858. The van der Waals surface area contributed by atoms with E-state index in [0.717, 1.165) is 13.0 Å². The molecule has 0 atom stereocenters. The van der Waals surface area contributed by atoms with Gasteiger partial charge in [-0.3, -0.25) is 0 Å². The minimum Gasteiger partial charge on any atom is -0.385 e. The largest absolute Gasteiger partial charge is 0.385 e. The van der Waals surface area contributed by atoms with E-state index in [1.54, 1.807) is 14.2 Å². The number of hydrogen-bond acceptors (Lipinski definition) is 2. The van der Waals surface area contributed by atoms with E-state index in [4.69, 9.17) is 4.74 Å². The first-order chi connectivity index (χ1) is 6.02. The SMILES string of the molecule is CNC(=O)NCC(C)(C)CCOC. The maximum Gasteiger partial charge on any atom is 0.314 e. The van der Waals surface area contributed by atoms with Crippen molar-refractivity contribution >= 4 is 6.03 Å². The van der Waals surface area contributed by atoms with Crippen molar-refractivity contribution in [2.45, 2.75) is 20.3 Å². The van der Waals surface area contributed by atoms with Crippen molar-refractivity contribution in [3.63, 3.8) is 0 Å². The molecule has 0 aliphatic heterocycles. The van der Waals surface area contributed by atoms with E-state index in [1.165, 1.54) is 0 Å². The molecule has 0 saturated heterocycles. The van der Waals surface area contributed by atoms with Gasteiger partial charge in [0.05, 0.1) is 0 Å². The summed E-state index contributed by atoms with van der Waals surface area (Å²) in [6.45, 7) is 5.59. The summed E-state index contributed by atoms with van der Waals surface area (Å²) < 4.78 is 4.98. The van der Waals surface area contributed by atoms with Crippen LogP contribution in [0.15, 0.2) is 0 Å². The van der Waals surface area contributed by atoms with Crippen molar-refractivity contribution in [2.75, 3.05) is 27.3 Å². The van der Waals surface area contributed by atoms with Crippen molar-refractivity contribution in [3.8, 4) is 0 Å². The normalized spacial score (nSPS) is 11.1. The molecule has 0 aromatic carbocycles. The van der Waals surface area contributed by atoms with Crippen LogP contribution in [0.25, 0.3) is 0 Å². The van der Waals surface area contributed by atoms with Crippen molar-refractivity contribution in [3.05, 3.63) is 0 Å². The highest BCUT2D eigenvalue weighted by Gasteiger charge is 2.17. The van der Waals surface area contributed by atoms with Gasteiger partial charge in [0.1, 0.15) is 0 Å². The minimum atomic E-state index is -0.134. The Kier molecular flexibility index (Phi) is 5.46. The molecule has 0 bridgehead atoms. The fourth-order valence-corrected chi connectivity index (χ4v) is 0.875. The summed E-state index contributed by atoms with van der Waals surface area (Å²) in [5.74, 6) is 0. The molecule has 0 spiro atoms. The van der Waals surface area contributed by atoms with Gasteiger partial charge in [-0.2, -0.15) is 0 Å². The lowest BCUT2D eigenvalue weighted by molar-refractivity contribution is 0.151. The van der Waals surface area contributed by atoms with Crippen LogP contribution in [0.5, 0.6) is 0 Å². The molecule has 4 nitrogen and oxygen atoms in total.